The summed E-state index contributed by atoms with van der Waals surface area (Å²) in [6, 6.07) is 7.68. The number of fused-ring (bicyclic) bond motifs is 5. The van der Waals surface area contributed by atoms with Crippen LogP contribution in [0, 0.1) is 0 Å². The minimum atomic E-state index is -1.66. The average molecular weight is 515 g/mol. The zero-order valence-electron chi connectivity index (χ0n) is 21.9. The Balaban J connectivity index is 1.56. The number of esters is 2. The summed E-state index contributed by atoms with van der Waals surface area (Å²) in [4.78, 5) is 50.7. The molecule has 3 aliphatic heterocycles. The zero-order valence-corrected chi connectivity index (χ0v) is 21.9. The number of hydrogen-bond acceptors (Lipinski definition) is 8. The number of cyclic esters (lactones) is 1. The van der Waals surface area contributed by atoms with Crippen LogP contribution in [0.4, 0.5) is 11.4 Å². The fourth-order valence-electron chi connectivity index (χ4n) is 5.98. The van der Waals surface area contributed by atoms with Gasteiger partial charge in [0.15, 0.2) is 0 Å². The van der Waals surface area contributed by atoms with Crippen molar-refractivity contribution in [2.75, 3.05) is 11.4 Å². The minimum absolute atomic E-state index is 0.149. The molecular weight excluding hydrogens is 484 g/mol. The maximum Gasteiger partial charge on any atom is 0.355 e. The molecule has 9 nitrogen and oxygen atoms in total. The Bertz CT molecular complexity index is 1590. The molecule has 0 spiro atoms. The number of anilines is 1. The summed E-state index contributed by atoms with van der Waals surface area (Å²) in [6.07, 6.45) is 6.54. The summed E-state index contributed by atoms with van der Waals surface area (Å²) in [5.74, 6) is -1.28. The van der Waals surface area contributed by atoms with E-state index in [1.807, 2.05) is 24.5 Å². The molecule has 0 unspecified atom stereocenters. The first-order chi connectivity index (χ1) is 18.4. The smallest absolute Gasteiger partial charge is 0.355 e. The fourth-order valence-corrected chi connectivity index (χ4v) is 5.98. The van der Waals surface area contributed by atoms with E-state index < -0.39 is 17.5 Å². The number of benzene rings is 1. The first-order valence-corrected chi connectivity index (χ1v) is 13.3. The van der Waals surface area contributed by atoms with E-state index in [4.69, 9.17) is 19.5 Å². The summed E-state index contributed by atoms with van der Waals surface area (Å²) in [7, 11) is 0. The zero-order chi connectivity index (χ0) is 26.6. The Kier molecular flexibility index (Phi) is 5.81. The summed E-state index contributed by atoms with van der Waals surface area (Å²) in [6.45, 7) is 6.20. The topological polar surface area (TPSA) is 103 Å². The number of nitrogens with zero attached hydrogens (tertiary/aromatic N) is 4. The van der Waals surface area contributed by atoms with Gasteiger partial charge in [0.05, 0.1) is 52.1 Å². The van der Waals surface area contributed by atoms with Crippen LogP contribution in [0.2, 0.25) is 0 Å². The summed E-state index contributed by atoms with van der Waals surface area (Å²) in [5.41, 5.74) is 3.75. The molecule has 0 amide bonds. The summed E-state index contributed by atoms with van der Waals surface area (Å²) < 4.78 is 12.7. The fraction of sp³-hybridized carbons (Fsp3) is 0.414. The monoisotopic (exact) mass is 514 g/mol. The lowest BCUT2D eigenvalue weighted by atomic mass is 9.85. The van der Waals surface area contributed by atoms with E-state index in [1.54, 1.807) is 17.6 Å². The maximum atomic E-state index is 13.8. The Morgan fingerprint density at radius 1 is 1.16 bits per heavy atom. The van der Waals surface area contributed by atoms with Gasteiger partial charge in [-0.25, -0.2) is 14.8 Å². The van der Waals surface area contributed by atoms with Gasteiger partial charge < -0.3 is 18.9 Å². The molecule has 0 N–H and O–H groups in total. The molecule has 0 saturated heterocycles. The second-order valence-corrected chi connectivity index (χ2v) is 10.1. The van der Waals surface area contributed by atoms with Crippen LogP contribution in [-0.2, 0) is 37.8 Å². The number of aromatic nitrogens is 2. The molecule has 0 radical (unpaired) electrons. The number of hydrogen-bond donors (Lipinski definition) is 0. The highest BCUT2D eigenvalue weighted by Crippen LogP contribution is 2.47. The predicted molar refractivity (Wildman–Crippen MR) is 144 cm³/mol. The van der Waals surface area contributed by atoms with Crippen LogP contribution in [0.15, 0.2) is 34.1 Å². The maximum absolute atomic E-state index is 13.8. The van der Waals surface area contributed by atoms with Crippen LogP contribution in [-0.4, -0.2) is 34.4 Å². The lowest BCUT2D eigenvalue weighted by molar-refractivity contribution is -0.188. The van der Waals surface area contributed by atoms with E-state index >= 15 is 0 Å². The third kappa shape index (κ3) is 3.48. The third-order valence-corrected chi connectivity index (χ3v) is 7.82. The van der Waals surface area contributed by atoms with Crippen molar-refractivity contribution in [2.45, 2.75) is 71.6 Å². The Labute approximate surface area is 220 Å². The molecule has 0 saturated carbocycles. The SMILES string of the molecule is CCCCCCN1C=Nc2cccc3nc4c(c1c23)Cn1c-4cc2c(c1=O)COC(=O)[C@@]2(CC)OC(C)=O. The number of unbranched alkanes of at least 4 members (excludes halogenated alkanes) is 3. The van der Waals surface area contributed by atoms with Gasteiger partial charge in [0, 0.05) is 24.6 Å². The van der Waals surface area contributed by atoms with E-state index in [9.17, 15) is 14.4 Å². The Morgan fingerprint density at radius 3 is 2.76 bits per heavy atom. The van der Waals surface area contributed by atoms with Gasteiger partial charge in [-0.05, 0) is 31.0 Å². The lowest BCUT2D eigenvalue weighted by Crippen LogP contribution is -2.47. The molecule has 5 heterocycles. The van der Waals surface area contributed by atoms with Crippen LogP contribution in [0.5, 0.6) is 0 Å². The number of carbonyl (C=O) groups excluding carboxylic acids is 2. The molecule has 1 aromatic carbocycles. The highest BCUT2D eigenvalue weighted by atomic mass is 16.6. The Hall–Kier alpha value is -4.01. The van der Waals surface area contributed by atoms with E-state index in [1.165, 1.54) is 13.3 Å². The van der Waals surface area contributed by atoms with Gasteiger partial charge in [0.1, 0.15) is 6.61 Å². The average Bonchev–Trinajstić information content (AvgIpc) is 3.28. The van der Waals surface area contributed by atoms with Crippen molar-refractivity contribution in [3.05, 3.63) is 51.3 Å². The van der Waals surface area contributed by atoms with Crippen molar-refractivity contribution < 1.29 is 19.1 Å². The van der Waals surface area contributed by atoms with E-state index in [-0.39, 0.29) is 18.6 Å². The lowest BCUT2D eigenvalue weighted by Gasteiger charge is -2.35. The van der Waals surface area contributed by atoms with E-state index in [0.29, 0.717) is 29.1 Å². The Morgan fingerprint density at radius 2 is 2.00 bits per heavy atom. The van der Waals surface area contributed by atoms with E-state index in [0.717, 1.165) is 53.6 Å². The van der Waals surface area contributed by atoms with Crippen molar-refractivity contribution in [3.8, 4) is 11.4 Å². The number of ether oxygens (including phenoxy) is 2. The molecule has 196 valence electrons. The van der Waals surface area contributed by atoms with Crippen molar-refractivity contribution in [3.63, 3.8) is 0 Å². The second kappa shape index (κ2) is 9.08. The highest BCUT2D eigenvalue weighted by molar-refractivity contribution is 6.11. The van der Waals surface area contributed by atoms with Gasteiger partial charge in [-0.3, -0.25) is 9.59 Å². The van der Waals surface area contributed by atoms with Crippen LogP contribution >= 0.6 is 0 Å². The van der Waals surface area contributed by atoms with Crippen LogP contribution < -0.4 is 10.5 Å². The number of pyridine rings is 2. The van der Waals surface area contributed by atoms with E-state index in [2.05, 4.69) is 11.8 Å². The molecule has 0 bridgehead atoms. The molecule has 3 aromatic rings. The standard InChI is InChI=1S/C29H30N4O5/c1-4-6-7-8-12-32-16-30-21-10-9-11-22-24(21)26(32)18-14-33-23(25(18)31-22)13-20-19(27(33)35)15-37-28(36)29(20,5-2)38-17(3)34/h9-11,13,16H,4-8,12,14-15H2,1-3H3/t29-/m0/s1. The van der Waals surface area contributed by atoms with Crippen molar-refractivity contribution >= 4 is 40.6 Å². The van der Waals surface area contributed by atoms with Gasteiger partial charge in [0.2, 0.25) is 5.60 Å². The molecule has 0 aliphatic carbocycles. The number of aliphatic imine (C=N–C) groups is 1. The first kappa shape index (κ1) is 24.3. The molecule has 2 aromatic heterocycles. The third-order valence-electron chi connectivity index (χ3n) is 7.82. The normalized spacial score (nSPS) is 18.7. The van der Waals surface area contributed by atoms with Crippen molar-refractivity contribution in [1.82, 2.24) is 9.55 Å². The predicted octanol–water partition coefficient (Wildman–Crippen LogP) is 4.71. The minimum Gasteiger partial charge on any atom is -0.457 e. The summed E-state index contributed by atoms with van der Waals surface area (Å²) in [5, 5.41) is 0.983. The number of carbonyl (C=O) groups is 2. The van der Waals surface area contributed by atoms with Crippen LogP contribution in [0.3, 0.4) is 0 Å². The summed E-state index contributed by atoms with van der Waals surface area (Å²) >= 11 is 0. The molecule has 0 fully saturated rings. The van der Waals surface area contributed by atoms with Crippen molar-refractivity contribution in [1.29, 1.82) is 0 Å². The number of rotatable bonds is 7. The first-order valence-electron chi connectivity index (χ1n) is 13.3. The highest BCUT2D eigenvalue weighted by Gasteiger charge is 2.50. The van der Waals surface area contributed by atoms with Crippen LogP contribution in [0.1, 0.15) is 69.6 Å². The second-order valence-electron chi connectivity index (χ2n) is 10.1. The largest absolute Gasteiger partial charge is 0.457 e. The van der Waals surface area contributed by atoms with Gasteiger partial charge >= 0.3 is 11.9 Å². The molecular formula is C29H30N4O5. The van der Waals surface area contributed by atoms with Gasteiger partial charge in [-0.1, -0.05) is 39.2 Å². The molecule has 6 rings (SSSR count). The van der Waals surface area contributed by atoms with Gasteiger partial charge in [0.25, 0.3) is 5.56 Å². The molecule has 9 heteroatoms. The van der Waals surface area contributed by atoms with Gasteiger partial charge in [-0.15, -0.1) is 0 Å². The quantitative estimate of drug-likeness (QED) is 0.260. The molecule has 3 aliphatic rings. The van der Waals surface area contributed by atoms with Gasteiger partial charge in [-0.2, -0.15) is 0 Å². The van der Waals surface area contributed by atoms with Crippen molar-refractivity contribution in [2.24, 2.45) is 4.99 Å². The van der Waals surface area contributed by atoms with Crippen LogP contribution in [0.25, 0.3) is 22.3 Å². The molecule has 38 heavy (non-hydrogen) atoms. The molecule has 1 atom stereocenters.